The van der Waals surface area contributed by atoms with Gasteiger partial charge in [0.25, 0.3) is 5.91 Å². The predicted molar refractivity (Wildman–Crippen MR) is 114 cm³/mol. The Balaban J connectivity index is 1.57. The monoisotopic (exact) mass is 391 g/mol. The first-order valence-corrected chi connectivity index (χ1v) is 10.1. The van der Waals surface area contributed by atoms with Crippen LogP contribution in [-0.4, -0.2) is 38.1 Å². The number of ether oxygens (including phenoxy) is 1. The molecule has 0 saturated heterocycles. The van der Waals surface area contributed by atoms with Crippen LogP contribution in [0.5, 0.6) is 5.75 Å². The summed E-state index contributed by atoms with van der Waals surface area (Å²) in [4.78, 5) is 13.6. The van der Waals surface area contributed by atoms with Crippen molar-refractivity contribution in [2.45, 2.75) is 43.7 Å². The van der Waals surface area contributed by atoms with Gasteiger partial charge in [0.2, 0.25) is 0 Å². The number of benzene rings is 2. The Bertz CT molecular complexity index is 876. The number of carbonyl (C=O) groups is 1. The van der Waals surface area contributed by atoms with Crippen LogP contribution in [0.4, 0.5) is 0 Å². The Labute approximate surface area is 173 Å². The van der Waals surface area contributed by atoms with E-state index in [2.05, 4.69) is 11.4 Å². The molecule has 1 aliphatic carbocycles. The van der Waals surface area contributed by atoms with Gasteiger partial charge in [-0.2, -0.15) is 5.26 Å². The first kappa shape index (κ1) is 20.9. The Hall–Kier alpha value is -2.84. The van der Waals surface area contributed by atoms with Crippen molar-refractivity contribution < 1.29 is 9.53 Å². The molecule has 1 amide bonds. The molecule has 29 heavy (non-hydrogen) atoms. The molecule has 0 radical (unpaired) electrons. The summed E-state index contributed by atoms with van der Waals surface area (Å²) in [5, 5.41) is 13.5. The molecule has 2 aromatic carbocycles. The van der Waals surface area contributed by atoms with Gasteiger partial charge in [0, 0.05) is 32.2 Å². The van der Waals surface area contributed by atoms with Gasteiger partial charge in [0.1, 0.15) is 5.75 Å². The molecular weight excluding hydrogens is 362 g/mol. The van der Waals surface area contributed by atoms with Gasteiger partial charge in [-0.15, -0.1) is 0 Å². The third-order valence-corrected chi connectivity index (χ3v) is 5.88. The van der Waals surface area contributed by atoms with Crippen LogP contribution in [0.25, 0.3) is 0 Å². The van der Waals surface area contributed by atoms with Crippen LogP contribution in [0.2, 0.25) is 0 Å². The molecule has 1 aliphatic rings. The van der Waals surface area contributed by atoms with Gasteiger partial charge in [-0.3, -0.25) is 4.79 Å². The molecule has 0 bridgehead atoms. The molecule has 1 saturated carbocycles. The number of nitrogens with zero attached hydrogens (tertiary/aromatic N) is 2. The molecular formula is C24H29N3O2. The SMILES string of the molecule is COc1cccc([C@]2(C#N)CC[C@H](NCc3ccc(C(=O)N(C)C)cc3)CC2)c1. The number of amides is 1. The van der Waals surface area contributed by atoms with E-state index in [0.717, 1.165) is 49.1 Å². The first-order valence-electron chi connectivity index (χ1n) is 10.1. The van der Waals surface area contributed by atoms with E-state index in [1.54, 1.807) is 26.1 Å². The summed E-state index contributed by atoms with van der Waals surface area (Å²) in [5.41, 5.74) is 2.48. The number of carbonyl (C=O) groups excluding carboxylic acids is 1. The van der Waals surface area contributed by atoms with Crippen molar-refractivity contribution in [3.8, 4) is 11.8 Å². The highest BCUT2D eigenvalue weighted by molar-refractivity contribution is 5.93. The molecule has 152 valence electrons. The zero-order valence-corrected chi connectivity index (χ0v) is 17.4. The van der Waals surface area contributed by atoms with E-state index in [0.29, 0.717) is 11.6 Å². The number of methoxy groups -OCH3 is 1. The van der Waals surface area contributed by atoms with Crippen LogP contribution in [-0.2, 0) is 12.0 Å². The summed E-state index contributed by atoms with van der Waals surface area (Å²) in [6, 6.07) is 18.6. The Morgan fingerprint density at radius 3 is 2.48 bits per heavy atom. The van der Waals surface area contributed by atoms with Gasteiger partial charge >= 0.3 is 0 Å². The average Bonchev–Trinajstić information content (AvgIpc) is 2.78. The fraction of sp³-hybridized carbons (Fsp3) is 0.417. The summed E-state index contributed by atoms with van der Waals surface area (Å²) in [6.07, 6.45) is 3.60. The maximum Gasteiger partial charge on any atom is 0.253 e. The van der Waals surface area contributed by atoms with Gasteiger partial charge in [-0.25, -0.2) is 0 Å². The molecule has 0 unspecified atom stereocenters. The van der Waals surface area contributed by atoms with Crippen LogP contribution in [0, 0.1) is 11.3 Å². The predicted octanol–water partition coefficient (Wildman–Crippen LogP) is 3.89. The van der Waals surface area contributed by atoms with E-state index < -0.39 is 5.41 Å². The minimum absolute atomic E-state index is 0.0159. The van der Waals surface area contributed by atoms with Crippen LogP contribution in [0.3, 0.4) is 0 Å². The molecule has 5 heteroatoms. The summed E-state index contributed by atoms with van der Waals surface area (Å²) in [7, 11) is 5.17. The molecule has 0 atom stereocenters. The molecule has 0 aromatic heterocycles. The lowest BCUT2D eigenvalue weighted by Crippen LogP contribution is -2.39. The minimum atomic E-state index is -0.430. The Morgan fingerprint density at radius 2 is 1.90 bits per heavy atom. The summed E-state index contributed by atoms with van der Waals surface area (Å²) < 4.78 is 5.33. The van der Waals surface area contributed by atoms with Crippen molar-refractivity contribution in [1.82, 2.24) is 10.2 Å². The van der Waals surface area contributed by atoms with Gasteiger partial charge in [-0.05, 0) is 61.1 Å². The third kappa shape index (κ3) is 4.78. The second-order valence-corrected chi connectivity index (χ2v) is 7.98. The van der Waals surface area contributed by atoms with Crippen LogP contribution in [0.15, 0.2) is 48.5 Å². The lowest BCUT2D eigenvalue weighted by molar-refractivity contribution is 0.0827. The van der Waals surface area contributed by atoms with Gasteiger partial charge < -0.3 is 15.0 Å². The minimum Gasteiger partial charge on any atom is -0.497 e. The first-order chi connectivity index (χ1) is 14.0. The molecule has 2 aromatic rings. The number of nitrogens with one attached hydrogen (secondary N) is 1. The van der Waals surface area contributed by atoms with Crippen molar-refractivity contribution in [3.63, 3.8) is 0 Å². The van der Waals surface area contributed by atoms with Crippen molar-refractivity contribution in [2.75, 3.05) is 21.2 Å². The standard InChI is InChI=1S/C24H29N3O2/c1-27(2)23(28)19-9-7-18(8-10-19)16-26-21-11-13-24(17-25,14-12-21)20-5-4-6-22(15-20)29-3/h4-10,15,21,26H,11-14,16H2,1-3H3/t21-,24+. The lowest BCUT2D eigenvalue weighted by Gasteiger charge is -2.36. The number of hydrogen-bond acceptors (Lipinski definition) is 4. The molecule has 0 spiro atoms. The van der Waals surface area contributed by atoms with E-state index in [1.807, 2.05) is 48.5 Å². The second kappa shape index (κ2) is 9.11. The number of rotatable bonds is 6. The quantitative estimate of drug-likeness (QED) is 0.811. The van der Waals surface area contributed by atoms with Crippen molar-refractivity contribution >= 4 is 5.91 Å². The van der Waals surface area contributed by atoms with Crippen LogP contribution < -0.4 is 10.1 Å². The molecule has 5 nitrogen and oxygen atoms in total. The highest BCUT2D eigenvalue weighted by atomic mass is 16.5. The molecule has 0 heterocycles. The Kier molecular flexibility index (Phi) is 6.56. The lowest BCUT2D eigenvalue weighted by atomic mass is 9.69. The zero-order valence-electron chi connectivity index (χ0n) is 17.4. The normalized spacial score (nSPS) is 21.2. The molecule has 1 N–H and O–H groups in total. The smallest absolute Gasteiger partial charge is 0.253 e. The van der Waals surface area contributed by atoms with Crippen molar-refractivity contribution in [2.24, 2.45) is 0 Å². The number of hydrogen-bond donors (Lipinski definition) is 1. The summed E-state index contributed by atoms with van der Waals surface area (Å²) in [5.74, 6) is 0.816. The molecule has 1 fully saturated rings. The highest BCUT2D eigenvalue weighted by Crippen LogP contribution is 2.40. The summed E-state index contributed by atoms with van der Waals surface area (Å²) >= 11 is 0. The second-order valence-electron chi connectivity index (χ2n) is 7.98. The van der Waals surface area contributed by atoms with Crippen molar-refractivity contribution in [3.05, 3.63) is 65.2 Å². The van der Waals surface area contributed by atoms with Crippen LogP contribution >= 0.6 is 0 Å². The largest absolute Gasteiger partial charge is 0.497 e. The summed E-state index contributed by atoms with van der Waals surface area (Å²) in [6.45, 7) is 0.764. The topological polar surface area (TPSA) is 65.4 Å². The maximum atomic E-state index is 12.0. The highest BCUT2D eigenvalue weighted by Gasteiger charge is 2.37. The van der Waals surface area contributed by atoms with E-state index in [1.165, 1.54) is 0 Å². The van der Waals surface area contributed by atoms with Crippen molar-refractivity contribution in [1.29, 1.82) is 5.26 Å². The zero-order chi connectivity index (χ0) is 20.9. The van der Waals surface area contributed by atoms with Gasteiger partial charge in [-0.1, -0.05) is 24.3 Å². The fourth-order valence-corrected chi connectivity index (χ4v) is 3.99. The van der Waals surface area contributed by atoms with Crippen LogP contribution in [0.1, 0.15) is 47.2 Å². The van der Waals surface area contributed by atoms with E-state index in [-0.39, 0.29) is 5.91 Å². The Morgan fingerprint density at radius 1 is 1.21 bits per heavy atom. The third-order valence-electron chi connectivity index (χ3n) is 5.88. The molecule has 3 rings (SSSR count). The van der Waals surface area contributed by atoms with E-state index in [9.17, 15) is 10.1 Å². The van der Waals surface area contributed by atoms with Gasteiger partial charge in [0.15, 0.2) is 0 Å². The van der Waals surface area contributed by atoms with Gasteiger partial charge in [0.05, 0.1) is 18.6 Å². The van der Waals surface area contributed by atoms with E-state index in [4.69, 9.17) is 4.74 Å². The maximum absolute atomic E-state index is 12.0. The van der Waals surface area contributed by atoms with E-state index >= 15 is 0 Å². The number of nitriles is 1. The average molecular weight is 392 g/mol. The molecule has 0 aliphatic heterocycles. The fourth-order valence-electron chi connectivity index (χ4n) is 3.99.